The summed E-state index contributed by atoms with van der Waals surface area (Å²) in [7, 11) is 0. The maximum atomic E-state index is 13.7. The first-order valence-corrected chi connectivity index (χ1v) is 11.0. The van der Waals surface area contributed by atoms with Crippen LogP contribution in [0.25, 0.3) is 0 Å². The van der Waals surface area contributed by atoms with E-state index in [0.717, 1.165) is 42.5 Å². The molecule has 0 saturated carbocycles. The van der Waals surface area contributed by atoms with Crippen molar-refractivity contribution in [3.63, 3.8) is 0 Å². The lowest BCUT2D eigenvalue weighted by Crippen LogP contribution is -2.29. The van der Waals surface area contributed by atoms with E-state index in [1.54, 1.807) is 17.4 Å². The number of hydrogen-bond donors (Lipinski definition) is 2. The zero-order valence-corrected chi connectivity index (χ0v) is 19.0. The molecule has 0 aliphatic heterocycles. The van der Waals surface area contributed by atoms with Gasteiger partial charge in [-0.3, -0.25) is 10.2 Å². The van der Waals surface area contributed by atoms with Crippen molar-refractivity contribution in [3.8, 4) is 0 Å². The quantitative estimate of drug-likeness (QED) is 0.357. The minimum atomic E-state index is -0.0949. The van der Waals surface area contributed by atoms with Crippen molar-refractivity contribution in [1.29, 1.82) is 0 Å². The number of carbonyl (C=O) groups is 1. The summed E-state index contributed by atoms with van der Waals surface area (Å²) in [6.07, 6.45) is 3.85. The number of hydrogen-bond acceptors (Lipinski definition) is 4. The van der Waals surface area contributed by atoms with Gasteiger partial charge in [0.1, 0.15) is 5.82 Å². The number of nitrogens with two attached hydrogens (primary N) is 1. The monoisotopic (exact) mass is 409 g/mol. The van der Waals surface area contributed by atoms with Crippen LogP contribution in [-0.2, 0) is 24.1 Å². The van der Waals surface area contributed by atoms with Gasteiger partial charge in [0.15, 0.2) is 0 Å². The van der Waals surface area contributed by atoms with E-state index in [-0.39, 0.29) is 11.7 Å². The van der Waals surface area contributed by atoms with Crippen molar-refractivity contribution in [2.45, 2.75) is 79.6 Å². The highest BCUT2D eigenvalue weighted by Gasteiger charge is 2.07. The smallest absolute Gasteiger partial charge is 0.233 e. The molecular formula is C22H36FN3OS. The highest BCUT2D eigenvalue weighted by atomic mass is 32.1. The molecular weight excluding hydrogens is 373 g/mol. The van der Waals surface area contributed by atoms with Gasteiger partial charge in [-0.05, 0) is 42.9 Å². The Hall–Kier alpha value is -1.79. The average molecular weight is 410 g/mol. The number of aryl methyl sites for hydroxylation is 3. The highest BCUT2D eigenvalue weighted by Crippen LogP contribution is 2.20. The van der Waals surface area contributed by atoms with Crippen LogP contribution >= 0.6 is 11.3 Å². The third-order valence-corrected chi connectivity index (χ3v) is 5.06. The van der Waals surface area contributed by atoms with Crippen LogP contribution in [0.1, 0.15) is 82.1 Å². The molecule has 3 N–H and O–H groups in total. The summed E-state index contributed by atoms with van der Waals surface area (Å²) in [5, 5.41) is 3.30. The van der Waals surface area contributed by atoms with Crippen LogP contribution in [0.15, 0.2) is 23.6 Å². The molecule has 0 bridgehead atoms. The molecule has 0 radical (unpaired) electrons. The van der Waals surface area contributed by atoms with Crippen molar-refractivity contribution in [2.75, 3.05) is 0 Å². The van der Waals surface area contributed by atoms with Crippen molar-refractivity contribution >= 4 is 17.2 Å². The zero-order chi connectivity index (χ0) is 21.5. The molecule has 1 heterocycles. The van der Waals surface area contributed by atoms with Gasteiger partial charge >= 0.3 is 0 Å². The third kappa shape index (κ3) is 9.95. The summed E-state index contributed by atoms with van der Waals surface area (Å²) in [6.45, 7) is 12.2. The fourth-order valence-electron chi connectivity index (χ4n) is 2.31. The van der Waals surface area contributed by atoms with Crippen LogP contribution in [0.3, 0.4) is 0 Å². The molecule has 0 atom stereocenters. The van der Waals surface area contributed by atoms with E-state index < -0.39 is 0 Å². The Morgan fingerprint density at radius 2 is 1.93 bits per heavy atom. The van der Waals surface area contributed by atoms with Crippen molar-refractivity contribution in [2.24, 2.45) is 5.84 Å². The molecule has 0 unspecified atom stereocenters. The average Bonchev–Trinajstić information content (AvgIpc) is 3.18. The van der Waals surface area contributed by atoms with Crippen LogP contribution in [0, 0.1) is 5.82 Å². The number of hydrazine groups is 1. The fraction of sp³-hybridized carbons (Fsp3) is 0.545. The number of halogens is 1. The Balaban J connectivity index is 0.000000688. The molecule has 0 saturated heterocycles. The summed E-state index contributed by atoms with van der Waals surface area (Å²) >= 11 is 1.72. The lowest BCUT2D eigenvalue weighted by molar-refractivity contribution is -0.121. The topological polar surface area (TPSA) is 68.0 Å². The second-order valence-corrected chi connectivity index (χ2v) is 7.32. The van der Waals surface area contributed by atoms with Gasteiger partial charge in [-0.1, -0.05) is 53.7 Å². The van der Waals surface area contributed by atoms with Gasteiger partial charge < -0.3 is 0 Å². The van der Waals surface area contributed by atoms with Crippen molar-refractivity contribution in [3.05, 3.63) is 51.2 Å². The maximum Gasteiger partial charge on any atom is 0.233 e. The summed E-state index contributed by atoms with van der Waals surface area (Å²) in [4.78, 5) is 14.8. The van der Waals surface area contributed by atoms with E-state index in [4.69, 9.17) is 5.84 Å². The van der Waals surface area contributed by atoms with Gasteiger partial charge in [-0.15, -0.1) is 11.3 Å². The van der Waals surface area contributed by atoms with Crippen LogP contribution in [-0.4, -0.2) is 10.9 Å². The molecule has 28 heavy (non-hydrogen) atoms. The second-order valence-electron chi connectivity index (χ2n) is 6.43. The highest BCUT2D eigenvalue weighted by molar-refractivity contribution is 7.09. The van der Waals surface area contributed by atoms with Crippen LogP contribution < -0.4 is 11.3 Å². The molecule has 4 nitrogen and oxygen atoms in total. The van der Waals surface area contributed by atoms with Crippen LogP contribution in [0.2, 0.25) is 0 Å². The molecule has 1 aromatic carbocycles. The third-order valence-electron chi connectivity index (χ3n) is 3.87. The summed E-state index contributed by atoms with van der Waals surface area (Å²) in [6, 6.07) is 5.58. The van der Waals surface area contributed by atoms with E-state index in [1.807, 2.05) is 45.3 Å². The number of carbonyl (C=O) groups excluding carboxylic acids is 1. The van der Waals surface area contributed by atoms with Gasteiger partial charge in [0.05, 0.1) is 10.7 Å². The number of thiazole rings is 1. The molecule has 1 amide bonds. The van der Waals surface area contributed by atoms with E-state index >= 15 is 0 Å². The molecule has 0 spiro atoms. The van der Waals surface area contributed by atoms with Gasteiger partial charge in [-0.2, -0.15) is 0 Å². The number of amides is 1. The predicted octanol–water partition coefficient (Wildman–Crippen LogP) is 5.56. The molecule has 2 aromatic rings. The maximum absolute atomic E-state index is 13.7. The molecule has 1 aromatic heterocycles. The molecule has 0 aliphatic carbocycles. The first-order valence-electron chi connectivity index (χ1n) is 10.1. The molecule has 6 heteroatoms. The van der Waals surface area contributed by atoms with E-state index in [9.17, 15) is 9.18 Å². The number of benzene rings is 1. The van der Waals surface area contributed by atoms with Gasteiger partial charge in [0, 0.05) is 17.7 Å². The number of aromatic nitrogens is 1. The summed E-state index contributed by atoms with van der Waals surface area (Å²) < 4.78 is 13.7. The van der Waals surface area contributed by atoms with Gasteiger partial charge in [-0.25, -0.2) is 15.2 Å². The molecule has 2 rings (SSSR count). The minimum absolute atomic E-state index is 0.0823. The Morgan fingerprint density at radius 1 is 1.25 bits per heavy atom. The largest absolute Gasteiger partial charge is 0.294 e. The summed E-state index contributed by atoms with van der Waals surface area (Å²) in [5.41, 5.74) is 4.99. The van der Waals surface area contributed by atoms with Gasteiger partial charge in [0.2, 0.25) is 5.91 Å². The standard InChI is InChI=1S/C16H20FNS.C4H10N2O.C2H6/c1-4-13-7-5-12(9-15(13)17)6-8-14-10-19-16(18-14)11(2)3;1-2-3-4(7)6-5;1-2/h5,7,9-11H,4,6,8H2,1-3H3;2-3,5H2,1H3,(H,6,7);1-2H3. The number of nitrogens with zero attached hydrogens (tertiary/aromatic N) is 1. The van der Waals surface area contributed by atoms with E-state index in [1.165, 1.54) is 5.01 Å². The normalized spacial score (nSPS) is 9.89. The summed E-state index contributed by atoms with van der Waals surface area (Å²) in [5.74, 6) is 5.07. The lowest BCUT2D eigenvalue weighted by Gasteiger charge is -2.04. The van der Waals surface area contributed by atoms with E-state index in [2.05, 4.69) is 24.2 Å². The fourth-order valence-corrected chi connectivity index (χ4v) is 3.18. The van der Waals surface area contributed by atoms with Crippen LogP contribution in [0.4, 0.5) is 4.39 Å². The van der Waals surface area contributed by atoms with Crippen molar-refractivity contribution in [1.82, 2.24) is 10.4 Å². The van der Waals surface area contributed by atoms with Gasteiger partial charge in [0.25, 0.3) is 0 Å². The molecule has 158 valence electrons. The SMILES string of the molecule is CC.CCCC(=O)NN.CCc1ccc(CCc2csc(C(C)C)n2)cc1F. The number of rotatable bonds is 7. The van der Waals surface area contributed by atoms with E-state index in [0.29, 0.717) is 12.3 Å². The Morgan fingerprint density at radius 3 is 2.36 bits per heavy atom. The number of nitrogens with one attached hydrogen (secondary N) is 1. The Labute approximate surface area is 173 Å². The first kappa shape index (κ1) is 26.2. The lowest BCUT2D eigenvalue weighted by atomic mass is 10.0. The Kier molecular flexibility index (Phi) is 14.2. The van der Waals surface area contributed by atoms with Crippen LogP contribution in [0.5, 0.6) is 0 Å². The zero-order valence-electron chi connectivity index (χ0n) is 18.1. The predicted molar refractivity (Wildman–Crippen MR) is 118 cm³/mol. The minimum Gasteiger partial charge on any atom is -0.294 e. The first-order chi connectivity index (χ1) is 13.4. The second kappa shape index (κ2) is 15.2. The van der Waals surface area contributed by atoms with Crippen molar-refractivity contribution < 1.29 is 9.18 Å². The molecule has 0 fully saturated rings. The Bertz CT molecular complexity index is 686. The molecule has 0 aliphatic rings.